The molecule has 0 aromatic carbocycles. The number of carbonyl (C=O) groups excluding carboxylic acids is 2. The fourth-order valence-electron chi connectivity index (χ4n) is 2.20. The van der Waals surface area contributed by atoms with Crippen LogP contribution in [-0.2, 0) is 9.59 Å². The zero-order valence-corrected chi connectivity index (χ0v) is 12.1. The predicted molar refractivity (Wildman–Crippen MR) is 73.6 cm³/mol. The van der Waals surface area contributed by atoms with Crippen molar-refractivity contribution in [3.63, 3.8) is 0 Å². The minimum atomic E-state index is -0.861. The van der Waals surface area contributed by atoms with Gasteiger partial charge in [0.2, 0.25) is 5.91 Å². The molecule has 104 valence electrons. The third-order valence-electron chi connectivity index (χ3n) is 3.16. The number of Topliss-reactive ketones (excluding diaryl/α,β-unsaturated/α-hetero) is 1. The van der Waals surface area contributed by atoms with Crippen molar-refractivity contribution in [3.05, 3.63) is 0 Å². The van der Waals surface area contributed by atoms with Crippen molar-refractivity contribution in [1.29, 1.82) is 0 Å². The topological polar surface area (TPSA) is 66.4 Å². The number of hydrogen-bond acceptors (Lipinski definition) is 4. The summed E-state index contributed by atoms with van der Waals surface area (Å²) in [6.45, 7) is 5.70. The first-order chi connectivity index (χ1) is 8.43. The highest BCUT2D eigenvalue weighted by molar-refractivity contribution is 7.99. The Hall–Kier alpha value is -0.550. The van der Waals surface area contributed by atoms with Gasteiger partial charge >= 0.3 is 0 Å². The van der Waals surface area contributed by atoms with Crippen molar-refractivity contribution < 1.29 is 14.7 Å². The Balaban J connectivity index is 2.28. The lowest BCUT2D eigenvalue weighted by atomic mass is 9.95. The van der Waals surface area contributed by atoms with Crippen LogP contribution in [0.25, 0.3) is 0 Å². The molecular weight excluding hydrogens is 250 g/mol. The highest BCUT2D eigenvalue weighted by Crippen LogP contribution is 2.22. The number of unbranched alkanes of at least 4 members (excludes halogenated alkanes) is 1. The van der Waals surface area contributed by atoms with Crippen LogP contribution in [0.5, 0.6) is 0 Å². The lowest BCUT2D eigenvalue weighted by Crippen LogP contribution is -2.32. The van der Waals surface area contributed by atoms with Crippen LogP contribution in [0.1, 0.15) is 40.0 Å². The van der Waals surface area contributed by atoms with Crippen LogP contribution >= 0.6 is 11.8 Å². The van der Waals surface area contributed by atoms with Crippen LogP contribution in [0.3, 0.4) is 0 Å². The molecule has 0 aliphatic carbocycles. The molecule has 0 aromatic heterocycles. The molecule has 1 fully saturated rings. The summed E-state index contributed by atoms with van der Waals surface area (Å²) in [5, 5.41) is 13.3. The molecule has 3 atom stereocenters. The van der Waals surface area contributed by atoms with E-state index >= 15 is 0 Å². The number of aliphatic hydroxyl groups is 1. The zero-order valence-electron chi connectivity index (χ0n) is 11.3. The molecule has 1 aliphatic rings. The van der Waals surface area contributed by atoms with Crippen molar-refractivity contribution in [2.24, 2.45) is 5.92 Å². The van der Waals surface area contributed by atoms with Gasteiger partial charge in [0.25, 0.3) is 0 Å². The SMILES string of the molecule is CC(=O)C1C(=O)NC(CCCCSC(C)C)C1O. The Kier molecular flexibility index (Phi) is 6.15. The van der Waals surface area contributed by atoms with E-state index in [1.54, 1.807) is 0 Å². The van der Waals surface area contributed by atoms with E-state index in [0.29, 0.717) is 5.25 Å². The summed E-state index contributed by atoms with van der Waals surface area (Å²) >= 11 is 1.92. The Morgan fingerprint density at radius 2 is 2.11 bits per heavy atom. The van der Waals surface area contributed by atoms with Gasteiger partial charge in [-0.1, -0.05) is 20.3 Å². The van der Waals surface area contributed by atoms with Gasteiger partial charge in [0.15, 0.2) is 0 Å². The van der Waals surface area contributed by atoms with Crippen LogP contribution in [0.15, 0.2) is 0 Å². The van der Waals surface area contributed by atoms with Gasteiger partial charge in [-0.3, -0.25) is 9.59 Å². The first-order valence-corrected chi connectivity index (χ1v) is 7.59. The van der Waals surface area contributed by atoms with Gasteiger partial charge in [0.1, 0.15) is 11.7 Å². The lowest BCUT2D eigenvalue weighted by molar-refractivity contribution is -0.132. The van der Waals surface area contributed by atoms with Gasteiger partial charge in [0, 0.05) is 0 Å². The molecule has 1 saturated heterocycles. The maximum Gasteiger partial charge on any atom is 0.233 e. The normalized spacial score (nSPS) is 27.6. The zero-order chi connectivity index (χ0) is 13.7. The molecule has 18 heavy (non-hydrogen) atoms. The first-order valence-electron chi connectivity index (χ1n) is 6.54. The van der Waals surface area contributed by atoms with Crippen LogP contribution in [-0.4, -0.2) is 39.9 Å². The van der Waals surface area contributed by atoms with Gasteiger partial charge in [-0.05, 0) is 30.8 Å². The molecule has 0 bridgehead atoms. The molecule has 0 saturated carbocycles. The molecule has 1 heterocycles. The fraction of sp³-hybridized carbons (Fsp3) is 0.846. The molecule has 5 heteroatoms. The third-order valence-corrected chi connectivity index (χ3v) is 4.35. The van der Waals surface area contributed by atoms with Gasteiger partial charge in [-0.2, -0.15) is 11.8 Å². The number of aliphatic hydroxyl groups excluding tert-OH is 1. The second kappa shape index (κ2) is 7.14. The molecular formula is C13H23NO3S. The lowest BCUT2D eigenvalue weighted by Gasteiger charge is -2.15. The van der Waals surface area contributed by atoms with Crippen LogP contribution in [0.2, 0.25) is 0 Å². The molecule has 4 nitrogen and oxygen atoms in total. The quantitative estimate of drug-likeness (QED) is 0.543. The maximum absolute atomic E-state index is 11.5. The number of nitrogens with one attached hydrogen (secondary N) is 1. The van der Waals surface area contributed by atoms with E-state index in [0.717, 1.165) is 25.0 Å². The molecule has 0 aromatic rings. The number of carbonyl (C=O) groups is 2. The number of amides is 1. The second-order valence-corrected chi connectivity index (χ2v) is 6.79. The fourth-order valence-corrected chi connectivity index (χ4v) is 3.04. The largest absolute Gasteiger partial charge is 0.390 e. The molecule has 2 N–H and O–H groups in total. The van der Waals surface area contributed by atoms with E-state index in [4.69, 9.17) is 0 Å². The van der Waals surface area contributed by atoms with Gasteiger partial charge in [-0.15, -0.1) is 0 Å². The van der Waals surface area contributed by atoms with E-state index in [9.17, 15) is 14.7 Å². The maximum atomic E-state index is 11.5. The number of hydrogen-bond donors (Lipinski definition) is 2. The third kappa shape index (κ3) is 4.28. The average Bonchev–Trinajstić information content (AvgIpc) is 2.53. The Morgan fingerprint density at radius 1 is 1.44 bits per heavy atom. The summed E-state index contributed by atoms with van der Waals surface area (Å²) in [5.74, 6) is -0.334. The number of ketones is 1. The molecule has 0 radical (unpaired) electrons. The predicted octanol–water partition coefficient (Wildman–Crippen LogP) is 1.36. The van der Waals surface area contributed by atoms with Crippen molar-refractivity contribution in [2.45, 2.75) is 57.4 Å². The summed E-state index contributed by atoms with van der Waals surface area (Å²) in [5.41, 5.74) is 0. The molecule has 1 aliphatic heterocycles. The Bertz CT molecular complexity index is 307. The van der Waals surface area contributed by atoms with Crippen molar-refractivity contribution in [1.82, 2.24) is 5.32 Å². The Morgan fingerprint density at radius 3 is 2.61 bits per heavy atom. The Labute approximate surface area is 113 Å². The summed E-state index contributed by atoms with van der Waals surface area (Å²) in [4.78, 5) is 22.8. The minimum Gasteiger partial charge on any atom is -0.390 e. The minimum absolute atomic E-state index is 0.252. The van der Waals surface area contributed by atoms with E-state index < -0.39 is 12.0 Å². The highest BCUT2D eigenvalue weighted by atomic mass is 32.2. The van der Waals surface area contributed by atoms with Crippen LogP contribution in [0, 0.1) is 5.92 Å². The van der Waals surface area contributed by atoms with Crippen molar-refractivity contribution >= 4 is 23.5 Å². The number of thioether (sulfide) groups is 1. The van der Waals surface area contributed by atoms with E-state index in [-0.39, 0.29) is 17.7 Å². The second-order valence-electron chi connectivity index (χ2n) is 5.11. The van der Waals surface area contributed by atoms with Crippen LogP contribution < -0.4 is 5.32 Å². The van der Waals surface area contributed by atoms with Gasteiger partial charge < -0.3 is 10.4 Å². The average molecular weight is 273 g/mol. The molecule has 3 unspecified atom stereocenters. The van der Waals surface area contributed by atoms with E-state index in [1.165, 1.54) is 6.92 Å². The molecule has 1 amide bonds. The monoisotopic (exact) mass is 273 g/mol. The standard InChI is InChI=1S/C13H23NO3S/c1-8(2)18-7-5-4-6-10-12(16)11(9(3)15)13(17)14-10/h8,10-12,16H,4-7H2,1-3H3,(H,14,17). The van der Waals surface area contributed by atoms with Crippen LogP contribution in [0.4, 0.5) is 0 Å². The first kappa shape index (κ1) is 15.5. The van der Waals surface area contributed by atoms with Gasteiger partial charge in [0.05, 0.1) is 12.1 Å². The summed E-state index contributed by atoms with van der Waals surface area (Å²) < 4.78 is 0. The van der Waals surface area contributed by atoms with E-state index in [2.05, 4.69) is 19.2 Å². The smallest absolute Gasteiger partial charge is 0.233 e. The number of rotatable bonds is 7. The highest BCUT2D eigenvalue weighted by Gasteiger charge is 2.43. The summed E-state index contributed by atoms with van der Waals surface area (Å²) in [6.07, 6.45) is 1.93. The van der Waals surface area contributed by atoms with Gasteiger partial charge in [-0.25, -0.2) is 0 Å². The van der Waals surface area contributed by atoms with Crippen molar-refractivity contribution in [3.8, 4) is 0 Å². The molecule has 1 rings (SSSR count). The van der Waals surface area contributed by atoms with E-state index in [1.807, 2.05) is 11.8 Å². The van der Waals surface area contributed by atoms with Crippen molar-refractivity contribution in [2.75, 3.05) is 5.75 Å². The summed E-state index contributed by atoms with van der Waals surface area (Å²) in [6, 6.07) is -0.254. The summed E-state index contributed by atoms with van der Waals surface area (Å²) in [7, 11) is 0. The molecule has 0 spiro atoms.